The molecule has 1 aromatic heterocycles. The van der Waals surface area contributed by atoms with Gasteiger partial charge in [-0.1, -0.05) is 29.0 Å². The molecule has 0 atom stereocenters. The lowest BCUT2D eigenvalue weighted by molar-refractivity contribution is -0.116. The van der Waals surface area contributed by atoms with E-state index in [1.165, 1.54) is 16.9 Å². The summed E-state index contributed by atoms with van der Waals surface area (Å²) in [6, 6.07) is 13.5. The van der Waals surface area contributed by atoms with Crippen LogP contribution in [-0.2, 0) is 16.1 Å². The fourth-order valence-corrected chi connectivity index (χ4v) is 4.35. The summed E-state index contributed by atoms with van der Waals surface area (Å²) in [4.78, 5) is 19.2. The first-order valence-corrected chi connectivity index (χ1v) is 11.2. The van der Waals surface area contributed by atoms with Gasteiger partial charge in [0.15, 0.2) is 5.13 Å². The van der Waals surface area contributed by atoms with Gasteiger partial charge in [-0.3, -0.25) is 9.69 Å². The minimum Gasteiger partial charge on any atom is -0.494 e. The second kappa shape index (κ2) is 10.2. The average molecular weight is 446 g/mol. The van der Waals surface area contributed by atoms with Crippen molar-refractivity contribution in [1.29, 1.82) is 0 Å². The maximum Gasteiger partial charge on any atom is 0.226 e. The summed E-state index contributed by atoms with van der Waals surface area (Å²) in [6.07, 6.45) is 1.01. The Labute approximate surface area is 184 Å². The summed E-state index contributed by atoms with van der Waals surface area (Å²) in [5.74, 6) is 0.696. The number of anilines is 1. The number of amides is 1. The van der Waals surface area contributed by atoms with E-state index >= 15 is 0 Å². The number of rotatable bonds is 8. The van der Waals surface area contributed by atoms with Crippen LogP contribution in [-0.4, -0.2) is 48.7 Å². The molecule has 8 heteroatoms. The number of thiazole rings is 1. The van der Waals surface area contributed by atoms with Crippen LogP contribution >= 0.6 is 22.9 Å². The fraction of sp³-hybridized carbons (Fsp3) is 0.364. The van der Waals surface area contributed by atoms with E-state index in [-0.39, 0.29) is 5.91 Å². The van der Waals surface area contributed by atoms with Crippen LogP contribution < -0.4 is 10.1 Å². The monoisotopic (exact) mass is 445 g/mol. The van der Waals surface area contributed by atoms with Gasteiger partial charge in [0.25, 0.3) is 0 Å². The molecule has 1 saturated heterocycles. The lowest BCUT2D eigenvalue weighted by atomic mass is 10.2. The van der Waals surface area contributed by atoms with Crippen LogP contribution in [0.15, 0.2) is 42.5 Å². The highest BCUT2D eigenvalue weighted by molar-refractivity contribution is 7.22. The fourth-order valence-electron chi connectivity index (χ4n) is 3.27. The lowest BCUT2D eigenvalue weighted by Gasteiger charge is -2.26. The summed E-state index contributed by atoms with van der Waals surface area (Å²) in [5, 5.41) is 4.22. The molecule has 0 radical (unpaired) electrons. The Kier molecular flexibility index (Phi) is 7.17. The zero-order valence-corrected chi connectivity index (χ0v) is 18.2. The highest BCUT2D eigenvalue weighted by Gasteiger charge is 2.12. The minimum atomic E-state index is -0.0534. The molecule has 30 heavy (non-hydrogen) atoms. The molecular weight excluding hydrogens is 422 g/mol. The number of hydrogen-bond donors (Lipinski definition) is 1. The Bertz CT molecular complexity index is 987. The Hall–Kier alpha value is -2.19. The third kappa shape index (κ3) is 5.92. The van der Waals surface area contributed by atoms with Crippen molar-refractivity contribution in [1.82, 2.24) is 9.88 Å². The van der Waals surface area contributed by atoms with Crippen molar-refractivity contribution in [2.24, 2.45) is 0 Å². The largest absolute Gasteiger partial charge is 0.494 e. The van der Waals surface area contributed by atoms with E-state index in [9.17, 15) is 4.79 Å². The van der Waals surface area contributed by atoms with Crippen LogP contribution in [0.25, 0.3) is 10.2 Å². The number of halogens is 1. The number of aromatic nitrogens is 1. The molecule has 2 heterocycles. The number of nitrogens with one attached hydrogen (secondary N) is 1. The van der Waals surface area contributed by atoms with E-state index in [0.717, 1.165) is 48.8 Å². The predicted molar refractivity (Wildman–Crippen MR) is 121 cm³/mol. The molecule has 3 aromatic rings. The molecule has 0 spiro atoms. The molecule has 4 rings (SSSR count). The second-order valence-corrected chi connectivity index (χ2v) is 8.63. The number of ether oxygens (including phenoxy) is 2. The summed E-state index contributed by atoms with van der Waals surface area (Å²) >= 11 is 7.36. The van der Waals surface area contributed by atoms with Gasteiger partial charge in [0, 0.05) is 31.1 Å². The number of hydrogen-bond acceptors (Lipinski definition) is 6. The van der Waals surface area contributed by atoms with E-state index in [0.29, 0.717) is 29.6 Å². The van der Waals surface area contributed by atoms with Gasteiger partial charge in [-0.25, -0.2) is 4.98 Å². The van der Waals surface area contributed by atoms with Gasteiger partial charge in [-0.05, 0) is 48.4 Å². The first kappa shape index (κ1) is 21.1. The van der Waals surface area contributed by atoms with Gasteiger partial charge in [0.2, 0.25) is 5.91 Å². The smallest absolute Gasteiger partial charge is 0.226 e. The Morgan fingerprint density at radius 3 is 2.80 bits per heavy atom. The summed E-state index contributed by atoms with van der Waals surface area (Å²) < 4.78 is 12.1. The molecule has 1 aliphatic heterocycles. The maximum atomic E-state index is 12.2. The Morgan fingerprint density at radius 1 is 1.20 bits per heavy atom. The predicted octanol–water partition coefficient (Wildman–Crippen LogP) is 4.58. The Balaban J connectivity index is 1.25. The number of benzene rings is 2. The van der Waals surface area contributed by atoms with Gasteiger partial charge in [0.05, 0.1) is 30.0 Å². The van der Waals surface area contributed by atoms with Gasteiger partial charge in [-0.2, -0.15) is 0 Å². The van der Waals surface area contributed by atoms with Crippen LogP contribution in [0.2, 0.25) is 5.02 Å². The van der Waals surface area contributed by atoms with Crippen molar-refractivity contribution in [2.45, 2.75) is 19.4 Å². The normalized spacial score (nSPS) is 14.7. The molecule has 0 aliphatic carbocycles. The SMILES string of the molecule is O=C(CCCOc1ccc(Cl)cc1)Nc1nc2ccc(CN3CCOCC3)cc2s1. The van der Waals surface area contributed by atoms with Crippen LogP contribution in [0.5, 0.6) is 5.75 Å². The first-order valence-electron chi connectivity index (χ1n) is 10.0. The van der Waals surface area contributed by atoms with E-state index in [1.807, 2.05) is 18.2 Å². The molecule has 0 bridgehead atoms. The second-order valence-electron chi connectivity index (χ2n) is 7.16. The third-order valence-electron chi connectivity index (χ3n) is 4.84. The van der Waals surface area contributed by atoms with E-state index in [2.05, 4.69) is 27.3 Å². The molecular formula is C22H24ClN3O3S. The molecule has 6 nitrogen and oxygen atoms in total. The first-order chi connectivity index (χ1) is 14.7. The Morgan fingerprint density at radius 2 is 2.00 bits per heavy atom. The highest BCUT2D eigenvalue weighted by atomic mass is 35.5. The van der Waals surface area contributed by atoms with E-state index < -0.39 is 0 Å². The van der Waals surface area contributed by atoms with Crippen LogP contribution in [0.1, 0.15) is 18.4 Å². The quantitative estimate of drug-likeness (QED) is 0.514. The minimum absolute atomic E-state index is 0.0534. The average Bonchev–Trinajstić information content (AvgIpc) is 3.14. The number of carbonyl (C=O) groups excluding carboxylic acids is 1. The molecule has 2 aromatic carbocycles. The number of fused-ring (bicyclic) bond motifs is 1. The van der Waals surface area contributed by atoms with Crippen molar-refractivity contribution in [3.63, 3.8) is 0 Å². The number of morpholine rings is 1. The van der Waals surface area contributed by atoms with Crippen molar-refractivity contribution in [3.8, 4) is 5.75 Å². The zero-order valence-electron chi connectivity index (χ0n) is 16.6. The number of nitrogens with zero attached hydrogens (tertiary/aromatic N) is 2. The zero-order chi connectivity index (χ0) is 20.8. The summed E-state index contributed by atoms with van der Waals surface area (Å²) in [7, 11) is 0. The van der Waals surface area contributed by atoms with Gasteiger partial charge in [0.1, 0.15) is 5.75 Å². The van der Waals surface area contributed by atoms with Crippen molar-refractivity contribution >= 4 is 44.2 Å². The molecule has 1 amide bonds. The van der Waals surface area contributed by atoms with Gasteiger partial charge < -0.3 is 14.8 Å². The van der Waals surface area contributed by atoms with E-state index in [4.69, 9.17) is 21.1 Å². The summed E-state index contributed by atoms with van der Waals surface area (Å²) in [6.45, 7) is 4.90. The van der Waals surface area contributed by atoms with Crippen LogP contribution in [0, 0.1) is 0 Å². The maximum absolute atomic E-state index is 12.2. The van der Waals surface area contributed by atoms with Crippen molar-refractivity contribution < 1.29 is 14.3 Å². The van der Waals surface area contributed by atoms with Crippen molar-refractivity contribution in [3.05, 3.63) is 53.1 Å². The van der Waals surface area contributed by atoms with Gasteiger partial charge in [-0.15, -0.1) is 0 Å². The highest BCUT2D eigenvalue weighted by Crippen LogP contribution is 2.27. The van der Waals surface area contributed by atoms with Gasteiger partial charge >= 0.3 is 0 Å². The lowest BCUT2D eigenvalue weighted by Crippen LogP contribution is -2.35. The molecule has 0 unspecified atom stereocenters. The molecule has 0 saturated carbocycles. The molecule has 1 aliphatic rings. The molecule has 1 N–H and O–H groups in total. The summed E-state index contributed by atoms with van der Waals surface area (Å²) in [5.41, 5.74) is 2.16. The molecule has 1 fully saturated rings. The van der Waals surface area contributed by atoms with Crippen LogP contribution in [0.3, 0.4) is 0 Å². The standard InChI is InChI=1S/C22H24ClN3O3S/c23-17-4-6-18(7-5-17)29-11-1-2-21(27)25-22-24-19-8-3-16(14-20(19)30-22)15-26-9-12-28-13-10-26/h3-8,14H,1-2,9-13,15H2,(H,24,25,27). The molecule has 158 valence electrons. The number of carbonyl (C=O) groups is 1. The van der Waals surface area contributed by atoms with E-state index in [1.54, 1.807) is 12.1 Å². The van der Waals surface area contributed by atoms with Crippen molar-refractivity contribution in [2.75, 3.05) is 38.2 Å². The topological polar surface area (TPSA) is 63.7 Å². The third-order valence-corrected chi connectivity index (χ3v) is 6.03. The van der Waals surface area contributed by atoms with Crippen LogP contribution in [0.4, 0.5) is 5.13 Å².